The zero-order valence-electron chi connectivity index (χ0n) is 12.0. The number of furan rings is 1. The lowest BCUT2D eigenvalue weighted by Crippen LogP contribution is -2.44. The lowest BCUT2D eigenvalue weighted by molar-refractivity contribution is -0.150. The molecule has 0 spiro atoms. The minimum atomic E-state index is -0.808. The maximum Gasteiger partial charge on any atom is 0.311 e. The van der Waals surface area contributed by atoms with E-state index in [-0.39, 0.29) is 12.5 Å². The Labute approximate surface area is 118 Å². The lowest BCUT2D eigenvalue weighted by atomic mass is 9.74. The van der Waals surface area contributed by atoms with Crippen molar-refractivity contribution in [3.8, 4) is 0 Å². The van der Waals surface area contributed by atoms with Gasteiger partial charge in [0.25, 0.3) is 5.91 Å². The van der Waals surface area contributed by atoms with E-state index in [1.165, 1.54) is 0 Å². The molecule has 0 radical (unpaired) electrons. The minimum absolute atomic E-state index is 0.185. The first-order chi connectivity index (χ1) is 9.44. The number of amides is 1. The van der Waals surface area contributed by atoms with Crippen molar-refractivity contribution in [2.75, 3.05) is 6.54 Å². The van der Waals surface area contributed by atoms with Gasteiger partial charge >= 0.3 is 5.97 Å². The van der Waals surface area contributed by atoms with E-state index in [1.807, 2.05) is 0 Å². The molecule has 1 aromatic rings. The van der Waals surface area contributed by atoms with Crippen molar-refractivity contribution in [3.63, 3.8) is 0 Å². The van der Waals surface area contributed by atoms with Crippen LogP contribution in [-0.4, -0.2) is 23.5 Å². The Morgan fingerprint density at radius 2 is 1.95 bits per heavy atom. The molecule has 20 heavy (non-hydrogen) atoms. The third-order valence-electron chi connectivity index (χ3n) is 4.14. The van der Waals surface area contributed by atoms with Gasteiger partial charge < -0.3 is 14.8 Å². The SMILES string of the molecule is Cc1cc(C(=O)NCC2(C(=O)O)CCCCC2)c(C)o1. The average molecular weight is 279 g/mol. The fraction of sp³-hybridized carbons (Fsp3) is 0.600. The molecule has 5 heteroatoms. The highest BCUT2D eigenvalue weighted by Crippen LogP contribution is 2.36. The number of carboxylic acids is 1. The molecule has 1 saturated carbocycles. The van der Waals surface area contributed by atoms with Gasteiger partial charge in [0.15, 0.2) is 0 Å². The van der Waals surface area contributed by atoms with E-state index in [0.29, 0.717) is 29.9 Å². The first-order valence-corrected chi connectivity index (χ1v) is 7.03. The number of hydrogen-bond donors (Lipinski definition) is 2. The van der Waals surface area contributed by atoms with Gasteiger partial charge in [-0.05, 0) is 32.8 Å². The molecule has 0 aromatic carbocycles. The second-order valence-corrected chi connectivity index (χ2v) is 5.66. The van der Waals surface area contributed by atoms with Gasteiger partial charge in [0.1, 0.15) is 11.5 Å². The van der Waals surface area contributed by atoms with E-state index >= 15 is 0 Å². The summed E-state index contributed by atoms with van der Waals surface area (Å²) in [5, 5.41) is 12.2. The smallest absolute Gasteiger partial charge is 0.311 e. The summed E-state index contributed by atoms with van der Waals surface area (Å²) in [6.07, 6.45) is 4.15. The minimum Gasteiger partial charge on any atom is -0.481 e. The Bertz CT molecular complexity index is 512. The predicted molar refractivity (Wildman–Crippen MR) is 73.7 cm³/mol. The van der Waals surface area contributed by atoms with Crippen molar-refractivity contribution < 1.29 is 19.1 Å². The normalized spacial score (nSPS) is 17.7. The van der Waals surface area contributed by atoms with Crippen LogP contribution in [0.1, 0.15) is 54.0 Å². The molecule has 1 aliphatic rings. The third-order valence-corrected chi connectivity index (χ3v) is 4.14. The molecule has 110 valence electrons. The monoisotopic (exact) mass is 279 g/mol. The van der Waals surface area contributed by atoms with Gasteiger partial charge in [-0.3, -0.25) is 9.59 Å². The van der Waals surface area contributed by atoms with Crippen LogP contribution in [0.5, 0.6) is 0 Å². The summed E-state index contributed by atoms with van der Waals surface area (Å²) in [4.78, 5) is 23.6. The van der Waals surface area contributed by atoms with Gasteiger partial charge in [-0.2, -0.15) is 0 Å². The number of carboxylic acid groups (broad SMARTS) is 1. The highest BCUT2D eigenvalue weighted by atomic mass is 16.4. The molecule has 0 unspecified atom stereocenters. The van der Waals surface area contributed by atoms with Crippen molar-refractivity contribution in [1.82, 2.24) is 5.32 Å². The number of carbonyl (C=O) groups is 2. The highest BCUT2D eigenvalue weighted by molar-refractivity contribution is 5.95. The van der Waals surface area contributed by atoms with Crippen LogP contribution in [0.25, 0.3) is 0 Å². The van der Waals surface area contributed by atoms with Crippen molar-refractivity contribution in [2.45, 2.75) is 46.0 Å². The largest absolute Gasteiger partial charge is 0.481 e. The summed E-state index contributed by atoms with van der Waals surface area (Å²) in [5.41, 5.74) is -0.320. The molecule has 1 fully saturated rings. The van der Waals surface area contributed by atoms with Gasteiger partial charge in [0.05, 0.1) is 11.0 Å². The number of rotatable bonds is 4. The van der Waals surface area contributed by atoms with Crippen LogP contribution >= 0.6 is 0 Å². The summed E-state index contributed by atoms with van der Waals surface area (Å²) in [5.74, 6) is 0.175. The first kappa shape index (κ1) is 14.6. The highest BCUT2D eigenvalue weighted by Gasteiger charge is 2.39. The maximum absolute atomic E-state index is 12.1. The summed E-state index contributed by atoms with van der Waals surface area (Å²) in [6, 6.07) is 1.68. The zero-order valence-corrected chi connectivity index (χ0v) is 12.0. The first-order valence-electron chi connectivity index (χ1n) is 7.03. The molecule has 5 nitrogen and oxygen atoms in total. The van der Waals surface area contributed by atoms with Crippen LogP contribution in [0, 0.1) is 19.3 Å². The Morgan fingerprint density at radius 1 is 1.30 bits per heavy atom. The summed E-state index contributed by atoms with van der Waals surface area (Å²) < 4.78 is 5.32. The van der Waals surface area contributed by atoms with Gasteiger partial charge in [0, 0.05) is 6.54 Å². The molecule has 1 aromatic heterocycles. The maximum atomic E-state index is 12.1. The van der Waals surface area contributed by atoms with Crippen LogP contribution in [-0.2, 0) is 4.79 Å². The van der Waals surface area contributed by atoms with Gasteiger partial charge in [-0.1, -0.05) is 19.3 Å². The Hall–Kier alpha value is -1.78. The van der Waals surface area contributed by atoms with Crippen molar-refractivity contribution in [1.29, 1.82) is 0 Å². The summed E-state index contributed by atoms with van der Waals surface area (Å²) in [6.45, 7) is 3.70. The number of aryl methyl sites for hydroxylation is 2. The summed E-state index contributed by atoms with van der Waals surface area (Å²) in [7, 11) is 0. The predicted octanol–water partition coefficient (Wildman–Crippen LogP) is 2.66. The van der Waals surface area contributed by atoms with Crippen LogP contribution in [0.2, 0.25) is 0 Å². The average Bonchev–Trinajstić information content (AvgIpc) is 2.76. The standard InChI is InChI=1S/C15H21NO4/c1-10-8-12(11(2)20-10)13(17)16-9-15(14(18)19)6-4-3-5-7-15/h8H,3-7,9H2,1-2H3,(H,16,17)(H,18,19). The molecule has 1 amide bonds. The molecule has 1 aliphatic carbocycles. The molecule has 0 aliphatic heterocycles. The molecule has 2 N–H and O–H groups in total. The van der Waals surface area contributed by atoms with Crippen LogP contribution in [0.15, 0.2) is 10.5 Å². The van der Waals surface area contributed by atoms with Gasteiger partial charge in [-0.25, -0.2) is 0 Å². The molecule has 1 heterocycles. The van der Waals surface area contributed by atoms with Crippen molar-refractivity contribution >= 4 is 11.9 Å². The Morgan fingerprint density at radius 3 is 2.45 bits per heavy atom. The van der Waals surface area contributed by atoms with Crippen molar-refractivity contribution in [2.24, 2.45) is 5.41 Å². The van der Waals surface area contributed by atoms with E-state index < -0.39 is 11.4 Å². The molecular formula is C15H21NO4. The molecular weight excluding hydrogens is 258 g/mol. The van der Waals surface area contributed by atoms with Crippen LogP contribution < -0.4 is 5.32 Å². The zero-order chi connectivity index (χ0) is 14.8. The number of aliphatic carboxylic acids is 1. The van der Waals surface area contributed by atoms with E-state index in [1.54, 1.807) is 19.9 Å². The number of nitrogens with one attached hydrogen (secondary N) is 1. The quantitative estimate of drug-likeness (QED) is 0.888. The molecule has 2 rings (SSSR count). The topological polar surface area (TPSA) is 79.5 Å². The third kappa shape index (κ3) is 2.86. The fourth-order valence-corrected chi connectivity index (χ4v) is 2.90. The Kier molecular flexibility index (Phi) is 4.16. The Balaban J connectivity index is 2.04. The van der Waals surface area contributed by atoms with E-state index in [2.05, 4.69) is 5.32 Å². The van der Waals surface area contributed by atoms with E-state index in [4.69, 9.17) is 4.42 Å². The second kappa shape index (κ2) is 5.69. The van der Waals surface area contributed by atoms with Gasteiger partial charge in [-0.15, -0.1) is 0 Å². The van der Waals surface area contributed by atoms with Gasteiger partial charge in [0.2, 0.25) is 0 Å². The second-order valence-electron chi connectivity index (χ2n) is 5.66. The molecule has 0 bridgehead atoms. The van der Waals surface area contributed by atoms with Crippen LogP contribution in [0.4, 0.5) is 0 Å². The van der Waals surface area contributed by atoms with Crippen LogP contribution in [0.3, 0.4) is 0 Å². The lowest BCUT2D eigenvalue weighted by Gasteiger charge is -2.33. The molecule has 0 atom stereocenters. The molecule has 0 saturated heterocycles. The van der Waals surface area contributed by atoms with E-state index in [9.17, 15) is 14.7 Å². The number of hydrogen-bond acceptors (Lipinski definition) is 3. The van der Waals surface area contributed by atoms with Crippen molar-refractivity contribution in [3.05, 3.63) is 23.2 Å². The fourth-order valence-electron chi connectivity index (χ4n) is 2.90. The van der Waals surface area contributed by atoms with E-state index in [0.717, 1.165) is 19.3 Å². The summed E-state index contributed by atoms with van der Waals surface area (Å²) >= 11 is 0. The number of carbonyl (C=O) groups excluding carboxylic acids is 1.